The molecule has 2 aromatic carbocycles. The number of hydrogen-bond donors (Lipinski definition) is 0. The molecule has 0 saturated carbocycles. The summed E-state index contributed by atoms with van der Waals surface area (Å²) < 4.78 is 1.08. The molecule has 1 fully saturated rings. The fourth-order valence-electron chi connectivity index (χ4n) is 3.04. The van der Waals surface area contributed by atoms with Gasteiger partial charge < -0.3 is 9.80 Å². The normalized spacial score (nSPS) is 14.7. The number of thioether (sulfide) groups is 1. The Balaban J connectivity index is 1.51. The molecule has 1 saturated heterocycles. The minimum Gasteiger partial charge on any atom is -0.368 e. The van der Waals surface area contributed by atoms with Crippen molar-refractivity contribution in [3.63, 3.8) is 0 Å². The van der Waals surface area contributed by atoms with Crippen molar-refractivity contribution in [2.24, 2.45) is 0 Å². The van der Waals surface area contributed by atoms with Crippen LogP contribution < -0.4 is 4.90 Å². The number of aryl methyl sites for hydroxylation is 2. The predicted octanol–water partition coefficient (Wildman–Crippen LogP) is 4.51. The minimum absolute atomic E-state index is 0.233. The van der Waals surface area contributed by atoms with E-state index in [0.29, 0.717) is 5.75 Å². The van der Waals surface area contributed by atoms with Crippen LogP contribution in [0.4, 0.5) is 5.69 Å². The van der Waals surface area contributed by atoms with Crippen LogP contribution in [0.5, 0.6) is 0 Å². The Morgan fingerprint density at radius 2 is 1.84 bits per heavy atom. The van der Waals surface area contributed by atoms with Crippen molar-refractivity contribution in [3.05, 3.63) is 58.1 Å². The van der Waals surface area contributed by atoms with Gasteiger partial charge in [-0.1, -0.05) is 28.1 Å². The van der Waals surface area contributed by atoms with Crippen LogP contribution in [0.25, 0.3) is 0 Å². The summed E-state index contributed by atoms with van der Waals surface area (Å²) in [4.78, 5) is 18.1. The number of amides is 1. The van der Waals surface area contributed by atoms with E-state index in [1.807, 2.05) is 11.0 Å². The zero-order chi connectivity index (χ0) is 17.8. The molecule has 0 aliphatic carbocycles. The average Bonchev–Trinajstić information content (AvgIpc) is 2.61. The van der Waals surface area contributed by atoms with Crippen molar-refractivity contribution < 1.29 is 4.79 Å². The Bertz CT molecular complexity index is 757. The first-order valence-electron chi connectivity index (χ1n) is 8.51. The number of halogens is 1. The fraction of sp³-hybridized carbons (Fsp3) is 0.350. The number of benzene rings is 2. The molecule has 1 heterocycles. The van der Waals surface area contributed by atoms with Crippen LogP contribution in [0.2, 0.25) is 0 Å². The smallest absolute Gasteiger partial charge is 0.233 e. The second-order valence-corrected chi connectivity index (χ2v) is 8.34. The van der Waals surface area contributed by atoms with Crippen LogP contribution in [0.15, 0.2) is 51.8 Å². The van der Waals surface area contributed by atoms with Crippen molar-refractivity contribution in [1.29, 1.82) is 0 Å². The molecule has 25 heavy (non-hydrogen) atoms. The number of carbonyl (C=O) groups excluding carboxylic acids is 1. The second kappa shape index (κ2) is 8.28. The lowest BCUT2D eigenvalue weighted by molar-refractivity contribution is -0.128. The van der Waals surface area contributed by atoms with Crippen LogP contribution in [-0.2, 0) is 4.79 Å². The third kappa shape index (κ3) is 4.79. The van der Waals surface area contributed by atoms with E-state index in [2.05, 4.69) is 71.1 Å². The number of piperazine rings is 1. The summed E-state index contributed by atoms with van der Waals surface area (Å²) in [5.41, 5.74) is 3.74. The minimum atomic E-state index is 0.233. The first-order chi connectivity index (χ1) is 12.0. The molecule has 1 aliphatic rings. The van der Waals surface area contributed by atoms with Gasteiger partial charge in [0.05, 0.1) is 5.75 Å². The van der Waals surface area contributed by atoms with Crippen molar-refractivity contribution >= 4 is 39.3 Å². The third-order valence-electron chi connectivity index (χ3n) is 4.49. The van der Waals surface area contributed by atoms with Gasteiger partial charge in [-0.15, -0.1) is 11.8 Å². The third-order valence-corrected chi connectivity index (χ3v) is 6.14. The lowest BCUT2D eigenvalue weighted by Crippen LogP contribution is -2.49. The summed E-state index contributed by atoms with van der Waals surface area (Å²) in [7, 11) is 0. The van der Waals surface area contributed by atoms with E-state index < -0.39 is 0 Å². The maximum Gasteiger partial charge on any atom is 0.233 e. The highest BCUT2D eigenvalue weighted by Gasteiger charge is 2.21. The van der Waals surface area contributed by atoms with Gasteiger partial charge in [-0.05, 0) is 55.3 Å². The Hall–Kier alpha value is -1.46. The molecule has 0 spiro atoms. The van der Waals surface area contributed by atoms with E-state index >= 15 is 0 Å². The Labute approximate surface area is 162 Å². The van der Waals surface area contributed by atoms with Gasteiger partial charge in [-0.25, -0.2) is 0 Å². The van der Waals surface area contributed by atoms with E-state index in [-0.39, 0.29) is 5.91 Å². The SMILES string of the molecule is Cc1cccc(N2CCN(C(=O)CSc3ccc(Br)cc3C)CC2)c1. The lowest BCUT2D eigenvalue weighted by Gasteiger charge is -2.36. The molecule has 0 aromatic heterocycles. The van der Waals surface area contributed by atoms with Gasteiger partial charge in [0.2, 0.25) is 5.91 Å². The summed E-state index contributed by atoms with van der Waals surface area (Å²) >= 11 is 5.11. The van der Waals surface area contributed by atoms with Crippen molar-refractivity contribution in [1.82, 2.24) is 4.90 Å². The fourth-order valence-corrected chi connectivity index (χ4v) is 4.43. The van der Waals surface area contributed by atoms with Crippen molar-refractivity contribution in [3.8, 4) is 0 Å². The van der Waals surface area contributed by atoms with Crippen LogP contribution in [0, 0.1) is 13.8 Å². The first-order valence-corrected chi connectivity index (χ1v) is 10.3. The zero-order valence-corrected chi connectivity index (χ0v) is 17.1. The largest absolute Gasteiger partial charge is 0.368 e. The van der Waals surface area contributed by atoms with Gasteiger partial charge in [-0.3, -0.25) is 4.79 Å². The van der Waals surface area contributed by atoms with Crippen LogP contribution >= 0.6 is 27.7 Å². The molecule has 1 aliphatic heterocycles. The summed E-state index contributed by atoms with van der Waals surface area (Å²) in [6.07, 6.45) is 0. The van der Waals surface area contributed by atoms with Gasteiger partial charge in [0.15, 0.2) is 0 Å². The molecule has 3 rings (SSSR count). The molecule has 0 unspecified atom stereocenters. The molecule has 132 valence electrons. The number of rotatable bonds is 4. The standard InChI is InChI=1S/C20H23BrN2OS/c1-15-4-3-5-18(12-15)22-8-10-23(11-9-22)20(24)14-25-19-7-6-17(21)13-16(19)2/h3-7,12-13H,8-11,14H2,1-2H3. The summed E-state index contributed by atoms with van der Waals surface area (Å²) in [6, 6.07) is 14.8. The van der Waals surface area contributed by atoms with Crippen LogP contribution in [-0.4, -0.2) is 42.7 Å². The van der Waals surface area contributed by atoms with Crippen molar-refractivity contribution in [2.75, 3.05) is 36.8 Å². The molecular formula is C20H23BrN2OS. The maximum absolute atomic E-state index is 12.5. The van der Waals surface area contributed by atoms with E-state index in [0.717, 1.165) is 30.7 Å². The molecule has 0 bridgehead atoms. The topological polar surface area (TPSA) is 23.6 Å². The van der Waals surface area contributed by atoms with Crippen LogP contribution in [0.1, 0.15) is 11.1 Å². The second-order valence-electron chi connectivity index (χ2n) is 6.41. The number of anilines is 1. The average molecular weight is 419 g/mol. The number of hydrogen-bond acceptors (Lipinski definition) is 3. The maximum atomic E-state index is 12.5. The quantitative estimate of drug-likeness (QED) is 0.682. The Morgan fingerprint density at radius 3 is 2.52 bits per heavy atom. The highest BCUT2D eigenvalue weighted by molar-refractivity contribution is 9.10. The molecule has 2 aromatic rings. The highest BCUT2D eigenvalue weighted by atomic mass is 79.9. The van der Waals surface area contributed by atoms with Gasteiger partial charge in [-0.2, -0.15) is 0 Å². The summed E-state index contributed by atoms with van der Waals surface area (Å²) in [6.45, 7) is 7.59. The molecule has 0 radical (unpaired) electrons. The molecule has 0 atom stereocenters. The first kappa shape index (κ1) is 18.3. The molecular weight excluding hydrogens is 396 g/mol. The van der Waals surface area contributed by atoms with Crippen molar-refractivity contribution in [2.45, 2.75) is 18.7 Å². The monoisotopic (exact) mass is 418 g/mol. The summed E-state index contributed by atoms with van der Waals surface area (Å²) in [5.74, 6) is 0.739. The van der Waals surface area contributed by atoms with Crippen LogP contribution in [0.3, 0.4) is 0 Å². The summed E-state index contributed by atoms with van der Waals surface area (Å²) in [5, 5.41) is 0. The van der Waals surface area contributed by atoms with Gasteiger partial charge in [0.1, 0.15) is 0 Å². The molecule has 5 heteroatoms. The zero-order valence-electron chi connectivity index (χ0n) is 14.7. The predicted molar refractivity (Wildman–Crippen MR) is 110 cm³/mol. The Morgan fingerprint density at radius 1 is 1.08 bits per heavy atom. The van der Waals surface area contributed by atoms with Gasteiger partial charge >= 0.3 is 0 Å². The van der Waals surface area contributed by atoms with Gasteiger partial charge in [0.25, 0.3) is 0 Å². The molecule has 0 N–H and O–H groups in total. The Kier molecular flexibility index (Phi) is 6.07. The van der Waals surface area contributed by atoms with E-state index in [4.69, 9.17) is 0 Å². The number of carbonyl (C=O) groups is 1. The highest BCUT2D eigenvalue weighted by Crippen LogP contribution is 2.26. The molecule has 3 nitrogen and oxygen atoms in total. The van der Waals surface area contributed by atoms with Gasteiger partial charge in [0, 0.05) is 41.2 Å². The molecule has 1 amide bonds. The number of nitrogens with zero attached hydrogens (tertiary/aromatic N) is 2. The lowest BCUT2D eigenvalue weighted by atomic mass is 10.2. The van der Waals surface area contributed by atoms with E-state index in [1.165, 1.54) is 21.7 Å². The van der Waals surface area contributed by atoms with E-state index in [9.17, 15) is 4.79 Å². The van der Waals surface area contributed by atoms with E-state index in [1.54, 1.807) is 11.8 Å².